The van der Waals surface area contributed by atoms with E-state index in [-0.39, 0.29) is 35.5 Å². The van der Waals surface area contributed by atoms with Crippen LogP contribution in [0.4, 0.5) is 0 Å². The van der Waals surface area contributed by atoms with Gasteiger partial charge in [0.2, 0.25) is 0 Å². The zero-order chi connectivity index (χ0) is 17.5. The van der Waals surface area contributed by atoms with E-state index >= 15 is 0 Å². The van der Waals surface area contributed by atoms with Gasteiger partial charge >= 0.3 is 0 Å². The molecule has 0 bridgehead atoms. The molecular weight excluding hydrogens is 465 g/mol. The molecule has 2 fully saturated rings. The number of hydrogen-bond acceptors (Lipinski definition) is 3. The van der Waals surface area contributed by atoms with E-state index in [2.05, 4.69) is 27.8 Å². The van der Waals surface area contributed by atoms with Gasteiger partial charge < -0.3 is 20.1 Å². The molecule has 1 aromatic carbocycles. The summed E-state index contributed by atoms with van der Waals surface area (Å²) in [5, 5.41) is 7.62. The van der Waals surface area contributed by atoms with Crippen LogP contribution in [0.25, 0.3) is 0 Å². The van der Waals surface area contributed by atoms with Crippen molar-refractivity contribution in [3.8, 4) is 0 Å². The van der Waals surface area contributed by atoms with Gasteiger partial charge in [0.05, 0.1) is 12.7 Å². The molecule has 5 nitrogen and oxygen atoms in total. The maximum absolute atomic E-state index is 6.14. The first-order chi connectivity index (χ1) is 12.2. The van der Waals surface area contributed by atoms with E-state index in [1.54, 1.807) is 7.05 Å². The van der Waals surface area contributed by atoms with E-state index in [0.29, 0.717) is 0 Å². The maximum Gasteiger partial charge on any atom is 0.191 e. The molecular formula is C19H29ClIN3O2. The molecule has 1 aliphatic carbocycles. The van der Waals surface area contributed by atoms with Gasteiger partial charge in [-0.2, -0.15) is 0 Å². The fourth-order valence-corrected chi connectivity index (χ4v) is 3.37. The normalized spacial score (nSPS) is 21.2. The van der Waals surface area contributed by atoms with Crippen molar-refractivity contribution in [1.29, 1.82) is 0 Å². The first kappa shape index (κ1) is 21.7. The van der Waals surface area contributed by atoms with E-state index in [9.17, 15) is 0 Å². The minimum absolute atomic E-state index is 0. The fourth-order valence-electron chi connectivity index (χ4n) is 3.18. The quantitative estimate of drug-likeness (QED) is 0.252. The van der Waals surface area contributed by atoms with E-state index in [1.807, 2.05) is 12.1 Å². The minimum atomic E-state index is 0. The highest BCUT2D eigenvalue weighted by Crippen LogP contribution is 2.48. The number of ether oxygens (including phenoxy) is 2. The first-order valence-corrected chi connectivity index (χ1v) is 9.50. The van der Waals surface area contributed by atoms with Crippen molar-refractivity contribution in [3.63, 3.8) is 0 Å². The Labute approximate surface area is 178 Å². The van der Waals surface area contributed by atoms with Crippen molar-refractivity contribution in [1.82, 2.24) is 10.6 Å². The predicted octanol–water partition coefficient (Wildman–Crippen LogP) is 3.35. The summed E-state index contributed by atoms with van der Waals surface area (Å²) in [6.07, 6.45) is 4.63. The number of rotatable bonds is 8. The largest absolute Gasteiger partial charge is 0.379 e. The second-order valence-corrected chi connectivity index (χ2v) is 7.29. The lowest BCUT2D eigenvalue weighted by molar-refractivity contribution is 0.0420. The number of benzene rings is 1. The van der Waals surface area contributed by atoms with Crippen LogP contribution >= 0.6 is 35.6 Å². The Morgan fingerprint density at radius 3 is 2.88 bits per heavy atom. The van der Waals surface area contributed by atoms with Crippen LogP contribution in [-0.4, -0.2) is 52.0 Å². The Kier molecular flexibility index (Phi) is 8.93. The summed E-state index contributed by atoms with van der Waals surface area (Å²) in [5.74, 6) is 0.845. The highest BCUT2D eigenvalue weighted by Gasteiger charge is 2.44. The van der Waals surface area contributed by atoms with Gasteiger partial charge in [-0.25, -0.2) is 0 Å². The van der Waals surface area contributed by atoms with Gasteiger partial charge in [-0.05, 0) is 43.4 Å². The monoisotopic (exact) mass is 493 g/mol. The molecule has 26 heavy (non-hydrogen) atoms. The van der Waals surface area contributed by atoms with Gasteiger partial charge in [-0.1, -0.05) is 23.7 Å². The Morgan fingerprint density at radius 1 is 1.38 bits per heavy atom. The van der Waals surface area contributed by atoms with Crippen LogP contribution in [0.15, 0.2) is 29.3 Å². The lowest BCUT2D eigenvalue weighted by Crippen LogP contribution is -2.41. The van der Waals surface area contributed by atoms with Crippen LogP contribution < -0.4 is 10.6 Å². The zero-order valence-corrected chi connectivity index (χ0v) is 18.4. The number of aliphatic imine (C=N–C) groups is 1. The minimum Gasteiger partial charge on any atom is -0.379 e. The molecule has 2 aliphatic rings. The molecule has 0 radical (unpaired) electrons. The fraction of sp³-hybridized carbons (Fsp3) is 0.632. The molecule has 1 aliphatic heterocycles. The molecule has 1 unspecified atom stereocenters. The average Bonchev–Trinajstić information content (AvgIpc) is 3.24. The molecule has 1 heterocycles. The van der Waals surface area contributed by atoms with Crippen molar-refractivity contribution >= 4 is 41.5 Å². The van der Waals surface area contributed by atoms with Crippen molar-refractivity contribution in [3.05, 3.63) is 34.9 Å². The molecule has 1 atom stereocenters. The number of guanidine groups is 1. The van der Waals surface area contributed by atoms with Crippen LogP contribution in [0.5, 0.6) is 0 Å². The van der Waals surface area contributed by atoms with E-state index in [1.165, 1.54) is 18.4 Å². The summed E-state index contributed by atoms with van der Waals surface area (Å²) in [4.78, 5) is 4.31. The maximum atomic E-state index is 6.14. The molecule has 2 N–H and O–H groups in total. The molecule has 1 saturated carbocycles. The topological polar surface area (TPSA) is 54.9 Å². The molecule has 1 saturated heterocycles. The summed E-state index contributed by atoms with van der Waals surface area (Å²) in [6, 6.07) is 8.20. The third-order valence-electron chi connectivity index (χ3n) is 4.96. The Morgan fingerprint density at radius 2 is 2.23 bits per heavy atom. The van der Waals surface area contributed by atoms with Crippen molar-refractivity contribution in [2.45, 2.75) is 37.2 Å². The van der Waals surface area contributed by atoms with Crippen LogP contribution in [-0.2, 0) is 14.9 Å². The second kappa shape index (κ2) is 10.7. The van der Waals surface area contributed by atoms with Crippen molar-refractivity contribution < 1.29 is 9.47 Å². The molecule has 3 rings (SSSR count). The molecule has 1 aromatic rings. The van der Waals surface area contributed by atoms with Gasteiger partial charge in [0, 0.05) is 43.8 Å². The second-order valence-electron chi connectivity index (χ2n) is 6.85. The third-order valence-corrected chi connectivity index (χ3v) is 5.20. The summed E-state index contributed by atoms with van der Waals surface area (Å²) in [5.41, 5.74) is 1.52. The van der Waals surface area contributed by atoms with Gasteiger partial charge in [-0.15, -0.1) is 24.0 Å². The highest BCUT2D eigenvalue weighted by molar-refractivity contribution is 14.0. The van der Waals surface area contributed by atoms with Gasteiger partial charge in [-0.3, -0.25) is 4.99 Å². The highest BCUT2D eigenvalue weighted by atomic mass is 127. The van der Waals surface area contributed by atoms with Crippen LogP contribution in [0.1, 0.15) is 31.2 Å². The summed E-state index contributed by atoms with van der Waals surface area (Å²) in [7, 11) is 1.81. The molecule has 146 valence electrons. The lowest BCUT2D eigenvalue weighted by Gasteiger charge is -2.19. The Bertz CT molecular complexity index is 590. The Balaban J connectivity index is 0.00000243. The smallest absolute Gasteiger partial charge is 0.191 e. The van der Waals surface area contributed by atoms with Gasteiger partial charge in [0.25, 0.3) is 0 Å². The summed E-state index contributed by atoms with van der Waals surface area (Å²) >= 11 is 6.14. The molecule has 0 aromatic heterocycles. The number of nitrogens with one attached hydrogen (secondary N) is 2. The molecule has 7 heteroatoms. The Hall–Kier alpha value is -0.570. The standard InChI is InChI=1S/C19H28ClN3O2.HI/c1-21-18(22-9-3-10-25-17-6-11-24-13-17)23-14-19(7-8-19)15-4-2-5-16(20)12-15;/h2,4-5,12,17H,3,6-11,13-14H2,1H3,(H2,21,22,23);1H. The third kappa shape index (κ3) is 6.25. The van der Waals surface area contributed by atoms with Crippen LogP contribution in [0.3, 0.4) is 0 Å². The van der Waals surface area contributed by atoms with E-state index in [0.717, 1.165) is 56.7 Å². The first-order valence-electron chi connectivity index (χ1n) is 9.12. The number of halogens is 2. The predicted molar refractivity (Wildman–Crippen MR) is 117 cm³/mol. The van der Waals surface area contributed by atoms with Crippen molar-refractivity contribution in [2.24, 2.45) is 4.99 Å². The SMILES string of the molecule is CN=C(NCCCOC1CCOC1)NCC1(c2cccc(Cl)c2)CC1.I. The van der Waals surface area contributed by atoms with E-state index < -0.39 is 0 Å². The average molecular weight is 494 g/mol. The summed E-state index contributed by atoms with van der Waals surface area (Å²) in [6.45, 7) is 4.04. The lowest BCUT2D eigenvalue weighted by atomic mass is 9.96. The number of nitrogens with zero attached hydrogens (tertiary/aromatic N) is 1. The van der Waals surface area contributed by atoms with Crippen molar-refractivity contribution in [2.75, 3.05) is 40.0 Å². The van der Waals surface area contributed by atoms with Gasteiger partial charge in [0.15, 0.2) is 5.96 Å². The van der Waals surface area contributed by atoms with Crippen LogP contribution in [0.2, 0.25) is 5.02 Å². The summed E-state index contributed by atoms with van der Waals surface area (Å²) < 4.78 is 11.1. The number of hydrogen-bond donors (Lipinski definition) is 2. The van der Waals surface area contributed by atoms with Crippen LogP contribution in [0, 0.1) is 0 Å². The zero-order valence-electron chi connectivity index (χ0n) is 15.3. The van der Waals surface area contributed by atoms with E-state index in [4.69, 9.17) is 21.1 Å². The molecule has 0 amide bonds. The van der Waals surface area contributed by atoms with Gasteiger partial charge in [0.1, 0.15) is 0 Å². The molecule has 0 spiro atoms.